The van der Waals surface area contributed by atoms with Crippen LogP contribution in [0.2, 0.25) is 0 Å². The lowest BCUT2D eigenvalue weighted by molar-refractivity contribution is 0.0879. The van der Waals surface area contributed by atoms with Crippen LogP contribution in [0, 0.1) is 0 Å². The van der Waals surface area contributed by atoms with E-state index in [0.29, 0.717) is 22.5 Å². The Morgan fingerprint density at radius 3 is 2.15 bits per heavy atom. The van der Waals surface area contributed by atoms with Crippen molar-refractivity contribution >= 4 is 23.2 Å². The number of imide groups is 1. The summed E-state index contributed by atoms with van der Waals surface area (Å²) < 4.78 is 0. The number of phenolic OH excluding ortho intramolecular Hbond substituents is 1. The number of phenols is 1. The molecule has 1 aliphatic rings. The van der Waals surface area contributed by atoms with E-state index in [1.807, 2.05) is 0 Å². The smallest absolute Gasteiger partial charge is 0.259 e. The van der Waals surface area contributed by atoms with Gasteiger partial charge in [0.1, 0.15) is 5.75 Å². The molecule has 20 heavy (non-hydrogen) atoms. The van der Waals surface area contributed by atoms with Crippen LogP contribution in [0.15, 0.2) is 52.7 Å². The van der Waals surface area contributed by atoms with Crippen molar-refractivity contribution in [1.82, 2.24) is 5.32 Å². The highest BCUT2D eigenvalue weighted by Gasteiger charge is 2.26. The zero-order valence-electron chi connectivity index (χ0n) is 10.2. The molecule has 2 amide bonds. The number of azo groups is 1. The summed E-state index contributed by atoms with van der Waals surface area (Å²) in [4.78, 5) is 22.9. The molecular formula is C14H9N3O3. The van der Waals surface area contributed by atoms with Crippen LogP contribution in [-0.2, 0) is 0 Å². The Labute approximate surface area is 113 Å². The summed E-state index contributed by atoms with van der Waals surface area (Å²) in [5.41, 5.74) is 1.70. The number of nitrogens with one attached hydrogen (secondary N) is 1. The van der Waals surface area contributed by atoms with Gasteiger partial charge in [-0.05, 0) is 42.5 Å². The van der Waals surface area contributed by atoms with Crippen LogP contribution >= 0.6 is 0 Å². The molecule has 0 aliphatic carbocycles. The second-order valence-electron chi connectivity index (χ2n) is 4.23. The van der Waals surface area contributed by atoms with Gasteiger partial charge in [0.05, 0.1) is 22.5 Å². The largest absolute Gasteiger partial charge is 0.508 e. The molecule has 0 fully saturated rings. The molecule has 0 aromatic heterocycles. The number of rotatable bonds is 2. The van der Waals surface area contributed by atoms with Crippen LogP contribution in [0.5, 0.6) is 5.75 Å². The van der Waals surface area contributed by atoms with Gasteiger partial charge < -0.3 is 5.11 Å². The topological polar surface area (TPSA) is 91.1 Å². The Hall–Kier alpha value is -3.02. The summed E-state index contributed by atoms with van der Waals surface area (Å²) in [7, 11) is 0. The van der Waals surface area contributed by atoms with Crippen molar-refractivity contribution in [2.45, 2.75) is 0 Å². The zero-order chi connectivity index (χ0) is 14.1. The first-order valence-electron chi connectivity index (χ1n) is 5.84. The first-order chi connectivity index (χ1) is 9.63. The zero-order valence-corrected chi connectivity index (χ0v) is 10.2. The minimum Gasteiger partial charge on any atom is -0.508 e. The minimum absolute atomic E-state index is 0.150. The van der Waals surface area contributed by atoms with Crippen LogP contribution < -0.4 is 5.32 Å². The maximum Gasteiger partial charge on any atom is 0.259 e. The third-order valence-electron chi connectivity index (χ3n) is 2.85. The van der Waals surface area contributed by atoms with Crippen LogP contribution in [-0.4, -0.2) is 16.9 Å². The SMILES string of the molecule is O=C1NC(=O)c2cc(N=Nc3ccc(O)cc3)ccc21. The Morgan fingerprint density at radius 2 is 1.40 bits per heavy atom. The number of hydrogen-bond acceptors (Lipinski definition) is 5. The molecule has 0 saturated carbocycles. The Balaban J connectivity index is 1.89. The van der Waals surface area contributed by atoms with Crippen molar-refractivity contribution in [3.05, 3.63) is 53.6 Å². The highest BCUT2D eigenvalue weighted by atomic mass is 16.3. The average Bonchev–Trinajstić information content (AvgIpc) is 2.73. The Bertz CT molecular complexity index is 736. The van der Waals surface area contributed by atoms with Crippen molar-refractivity contribution < 1.29 is 14.7 Å². The first kappa shape index (κ1) is 12.0. The van der Waals surface area contributed by atoms with Crippen molar-refractivity contribution in [2.75, 3.05) is 0 Å². The molecule has 2 N–H and O–H groups in total. The summed E-state index contributed by atoms with van der Waals surface area (Å²) in [6, 6.07) is 10.9. The molecule has 6 nitrogen and oxygen atoms in total. The molecule has 0 unspecified atom stereocenters. The third-order valence-corrected chi connectivity index (χ3v) is 2.85. The second-order valence-corrected chi connectivity index (χ2v) is 4.23. The quantitative estimate of drug-likeness (QED) is 0.647. The molecule has 98 valence electrons. The number of benzene rings is 2. The summed E-state index contributed by atoms with van der Waals surface area (Å²) in [6.07, 6.45) is 0. The number of fused-ring (bicyclic) bond motifs is 1. The Kier molecular flexibility index (Phi) is 2.76. The Morgan fingerprint density at radius 1 is 0.800 bits per heavy atom. The lowest BCUT2D eigenvalue weighted by Gasteiger charge is -1.96. The van der Waals surface area contributed by atoms with Crippen molar-refractivity contribution in [1.29, 1.82) is 0 Å². The van der Waals surface area contributed by atoms with E-state index >= 15 is 0 Å². The van der Waals surface area contributed by atoms with E-state index in [1.54, 1.807) is 24.3 Å². The molecule has 0 bridgehead atoms. The molecule has 1 aliphatic heterocycles. The van der Waals surface area contributed by atoms with Crippen molar-refractivity contribution in [2.24, 2.45) is 10.2 Å². The maximum absolute atomic E-state index is 11.5. The molecule has 2 aromatic carbocycles. The first-order valence-corrected chi connectivity index (χ1v) is 5.84. The third kappa shape index (κ3) is 2.14. The molecule has 0 atom stereocenters. The van der Waals surface area contributed by atoms with Crippen LogP contribution in [0.1, 0.15) is 20.7 Å². The molecule has 2 aromatic rings. The number of amides is 2. The molecule has 0 saturated heterocycles. The van der Waals surface area contributed by atoms with Gasteiger partial charge >= 0.3 is 0 Å². The van der Waals surface area contributed by atoms with E-state index in [4.69, 9.17) is 5.11 Å². The predicted octanol–water partition coefficient (Wildman–Crippen LogP) is 2.69. The summed E-state index contributed by atoms with van der Waals surface area (Å²) in [5.74, 6) is -0.671. The van der Waals surface area contributed by atoms with Crippen LogP contribution in [0.25, 0.3) is 0 Å². The summed E-state index contributed by atoms with van der Waals surface area (Å²) in [5, 5.41) is 19.3. The molecule has 0 radical (unpaired) electrons. The van der Waals surface area contributed by atoms with E-state index in [2.05, 4.69) is 15.5 Å². The van der Waals surface area contributed by atoms with Gasteiger partial charge in [0.15, 0.2) is 0 Å². The fourth-order valence-electron chi connectivity index (χ4n) is 1.85. The summed E-state index contributed by atoms with van der Waals surface area (Å²) >= 11 is 0. The highest BCUT2D eigenvalue weighted by molar-refractivity contribution is 6.21. The number of hydrogen-bond donors (Lipinski definition) is 2. The predicted molar refractivity (Wildman–Crippen MR) is 70.5 cm³/mol. The second kappa shape index (κ2) is 4.58. The van der Waals surface area contributed by atoms with Crippen LogP contribution in [0.3, 0.4) is 0 Å². The lowest BCUT2D eigenvalue weighted by atomic mass is 10.1. The van der Waals surface area contributed by atoms with Crippen molar-refractivity contribution in [3.63, 3.8) is 0 Å². The normalized spacial score (nSPS) is 13.6. The summed E-state index contributed by atoms with van der Waals surface area (Å²) in [6.45, 7) is 0. The molecule has 1 heterocycles. The van der Waals surface area contributed by atoms with Gasteiger partial charge in [0, 0.05) is 0 Å². The number of carbonyl (C=O) groups excluding carboxylic acids is 2. The van der Waals surface area contributed by atoms with E-state index in [9.17, 15) is 9.59 Å². The van der Waals surface area contributed by atoms with Gasteiger partial charge in [-0.25, -0.2) is 0 Å². The van der Waals surface area contributed by atoms with Gasteiger partial charge in [-0.3, -0.25) is 14.9 Å². The maximum atomic E-state index is 11.5. The molecular weight excluding hydrogens is 258 g/mol. The van der Waals surface area contributed by atoms with Gasteiger partial charge in [0.2, 0.25) is 0 Å². The average molecular weight is 267 g/mol. The number of aromatic hydroxyl groups is 1. The number of carbonyl (C=O) groups is 2. The molecule has 6 heteroatoms. The van der Waals surface area contributed by atoms with E-state index in [-0.39, 0.29) is 5.75 Å². The minimum atomic E-state index is -0.424. The van der Waals surface area contributed by atoms with E-state index in [1.165, 1.54) is 18.2 Å². The fourth-order valence-corrected chi connectivity index (χ4v) is 1.85. The van der Waals surface area contributed by atoms with Gasteiger partial charge in [-0.1, -0.05) is 0 Å². The van der Waals surface area contributed by atoms with Gasteiger partial charge in [-0.2, -0.15) is 10.2 Å². The highest BCUT2D eigenvalue weighted by Crippen LogP contribution is 2.24. The fraction of sp³-hybridized carbons (Fsp3) is 0. The monoisotopic (exact) mass is 267 g/mol. The van der Waals surface area contributed by atoms with Gasteiger partial charge in [0.25, 0.3) is 11.8 Å². The number of nitrogens with zero attached hydrogens (tertiary/aromatic N) is 2. The molecule has 0 spiro atoms. The van der Waals surface area contributed by atoms with E-state index in [0.717, 1.165) is 0 Å². The standard InChI is InChI=1S/C14H9N3O3/c18-10-4-1-8(2-5-10)16-17-9-3-6-11-12(7-9)14(20)15-13(11)19/h1-7,18H,(H,15,19,20). The van der Waals surface area contributed by atoms with Crippen LogP contribution in [0.4, 0.5) is 11.4 Å². The lowest BCUT2D eigenvalue weighted by Crippen LogP contribution is -2.19. The van der Waals surface area contributed by atoms with Gasteiger partial charge in [-0.15, -0.1) is 0 Å². The molecule has 3 rings (SSSR count). The van der Waals surface area contributed by atoms with Crippen molar-refractivity contribution in [3.8, 4) is 5.75 Å². The van der Waals surface area contributed by atoms with E-state index < -0.39 is 11.8 Å².